The van der Waals surface area contributed by atoms with Gasteiger partial charge in [0.2, 0.25) is 0 Å². The molecule has 2 rings (SSSR count). The van der Waals surface area contributed by atoms with E-state index in [1.807, 2.05) is 0 Å². The summed E-state index contributed by atoms with van der Waals surface area (Å²) < 4.78 is 6.11. The van der Waals surface area contributed by atoms with Crippen molar-refractivity contribution in [3.05, 3.63) is 0 Å². The highest BCUT2D eigenvalue weighted by Crippen LogP contribution is 2.17. The van der Waals surface area contributed by atoms with Crippen LogP contribution in [0.1, 0.15) is 25.7 Å². The molecule has 0 bridgehead atoms. The minimum absolute atomic E-state index is 0. The van der Waals surface area contributed by atoms with Gasteiger partial charge in [0, 0.05) is 13.1 Å². The molecule has 2 heterocycles. The molecule has 0 amide bonds. The number of nitrogens with zero attached hydrogens (tertiary/aromatic N) is 1. The van der Waals surface area contributed by atoms with Crippen molar-refractivity contribution < 1.29 is 4.74 Å². The number of likely N-dealkylation sites (tertiary alicyclic amines) is 1. The lowest BCUT2D eigenvalue weighted by Gasteiger charge is -2.33. The predicted octanol–water partition coefficient (Wildman–Crippen LogP) is 1.69. The Hall–Kier alpha value is 0.460. The Balaban J connectivity index is 0.00000112. The Morgan fingerprint density at radius 2 is 1.44 bits per heavy atom. The van der Waals surface area contributed by atoms with Crippen molar-refractivity contribution >= 4 is 24.8 Å². The zero-order chi connectivity index (χ0) is 9.80. The van der Waals surface area contributed by atoms with E-state index in [0.29, 0.717) is 12.2 Å². The lowest BCUT2D eigenvalue weighted by atomic mass is 10.1. The van der Waals surface area contributed by atoms with Crippen LogP contribution in [-0.2, 0) is 4.74 Å². The van der Waals surface area contributed by atoms with Crippen molar-refractivity contribution in [3.63, 3.8) is 0 Å². The van der Waals surface area contributed by atoms with Crippen molar-refractivity contribution in [2.24, 2.45) is 0 Å². The summed E-state index contributed by atoms with van der Waals surface area (Å²) >= 11 is 0. The van der Waals surface area contributed by atoms with Crippen LogP contribution >= 0.6 is 24.8 Å². The first kappa shape index (κ1) is 16.5. The van der Waals surface area contributed by atoms with Crippen molar-refractivity contribution in [2.45, 2.75) is 37.9 Å². The second-order valence-corrected chi connectivity index (χ2v) is 4.59. The number of hydrogen-bond acceptors (Lipinski definition) is 3. The smallest absolute Gasteiger partial charge is 0.0603 e. The van der Waals surface area contributed by atoms with Crippen LogP contribution in [0.2, 0.25) is 0 Å². The molecule has 0 atom stereocenters. The van der Waals surface area contributed by atoms with E-state index in [2.05, 4.69) is 17.3 Å². The Morgan fingerprint density at radius 3 is 2.00 bits per heavy atom. The third kappa shape index (κ3) is 5.19. The van der Waals surface area contributed by atoms with Gasteiger partial charge in [-0.1, -0.05) is 0 Å². The maximum Gasteiger partial charge on any atom is 0.0603 e. The van der Waals surface area contributed by atoms with Crippen molar-refractivity contribution in [3.8, 4) is 0 Å². The van der Waals surface area contributed by atoms with Gasteiger partial charge in [-0.05, 0) is 45.8 Å². The van der Waals surface area contributed by atoms with Crippen molar-refractivity contribution in [1.82, 2.24) is 10.2 Å². The minimum Gasteiger partial charge on any atom is -0.375 e. The van der Waals surface area contributed by atoms with E-state index in [1.165, 1.54) is 38.8 Å². The first-order valence-electron chi connectivity index (χ1n) is 5.89. The third-order valence-corrected chi connectivity index (χ3v) is 3.34. The number of halogens is 2. The summed E-state index contributed by atoms with van der Waals surface area (Å²) in [6.45, 7) is 4.68. The standard InChI is InChI=1S/C11H22N2O.2ClH/c1-13-8-4-11(5-9-13)14-10-2-6-12-7-3-10;;/h10-12H,2-9H2,1H3;2*1H. The molecule has 0 aromatic heterocycles. The van der Waals surface area contributed by atoms with E-state index in [9.17, 15) is 0 Å². The zero-order valence-electron chi connectivity index (χ0n) is 9.98. The molecule has 0 unspecified atom stereocenters. The molecule has 0 radical (unpaired) electrons. The normalized spacial score (nSPS) is 24.6. The molecule has 0 aromatic rings. The van der Waals surface area contributed by atoms with Crippen LogP contribution in [0.25, 0.3) is 0 Å². The molecule has 2 aliphatic heterocycles. The summed E-state index contributed by atoms with van der Waals surface area (Å²) in [5.74, 6) is 0. The Morgan fingerprint density at radius 1 is 0.938 bits per heavy atom. The predicted molar refractivity (Wildman–Crippen MR) is 72.0 cm³/mol. The summed E-state index contributed by atoms with van der Waals surface area (Å²) in [7, 11) is 2.20. The average molecular weight is 271 g/mol. The Labute approximate surface area is 111 Å². The molecule has 3 nitrogen and oxygen atoms in total. The molecule has 2 fully saturated rings. The number of ether oxygens (including phenoxy) is 1. The van der Waals surface area contributed by atoms with Gasteiger partial charge in [-0.15, -0.1) is 24.8 Å². The SMILES string of the molecule is CN1CCC(OC2CCNCC2)CC1.Cl.Cl. The molecular formula is C11H24Cl2N2O. The fraction of sp³-hybridized carbons (Fsp3) is 1.00. The van der Waals surface area contributed by atoms with Gasteiger partial charge in [-0.2, -0.15) is 0 Å². The molecule has 0 saturated carbocycles. The van der Waals surface area contributed by atoms with Crippen LogP contribution in [0.4, 0.5) is 0 Å². The van der Waals surface area contributed by atoms with Gasteiger partial charge in [-0.3, -0.25) is 0 Å². The minimum atomic E-state index is 0. The van der Waals surface area contributed by atoms with E-state index in [4.69, 9.17) is 4.74 Å². The van der Waals surface area contributed by atoms with Crippen LogP contribution in [0.5, 0.6) is 0 Å². The third-order valence-electron chi connectivity index (χ3n) is 3.34. The molecule has 0 spiro atoms. The molecule has 16 heavy (non-hydrogen) atoms. The lowest BCUT2D eigenvalue weighted by Crippen LogP contribution is -2.39. The van der Waals surface area contributed by atoms with Gasteiger partial charge in [0.1, 0.15) is 0 Å². The van der Waals surface area contributed by atoms with Crippen molar-refractivity contribution in [2.75, 3.05) is 33.2 Å². The van der Waals surface area contributed by atoms with Crippen LogP contribution in [-0.4, -0.2) is 50.3 Å². The van der Waals surface area contributed by atoms with Crippen molar-refractivity contribution in [1.29, 1.82) is 0 Å². The van der Waals surface area contributed by atoms with Gasteiger partial charge in [0.05, 0.1) is 12.2 Å². The Bertz CT molecular complexity index is 169. The maximum absolute atomic E-state index is 6.11. The second-order valence-electron chi connectivity index (χ2n) is 4.59. The van der Waals surface area contributed by atoms with Gasteiger partial charge in [0.25, 0.3) is 0 Å². The fourth-order valence-electron chi connectivity index (χ4n) is 2.32. The Kier molecular flexibility index (Phi) is 8.78. The fourth-order valence-corrected chi connectivity index (χ4v) is 2.32. The molecule has 0 aliphatic carbocycles. The van der Waals surface area contributed by atoms with E-state index >= 15 is 0 Å². The van der Waals surface area contributed by atoms with Crippen LogP contribution in [0, 0.1) is 0 Å². The summed E-state index contributed by atoms with van der Waals surface area (Å²) in [6.07, 6.45) is 5.92. The van der Waals surface area contributed by atoms with Gasteiger partial charge in [-0.25, -0.2) is 0 Å². The second kappa shape index (κ2) is 8.54. The van der Waals surface area contributed by atoms with E-state index in [0.717, 1.165) is 13.1 Å². The maximum atomic E-state index is 6.11. The number of hydrogen-bond donors (Lipinski definition) is 1. The topological polar surface area (TPSA) is 24.5 Å². The van der Waals surface area contributed by atoms with Gasteiger partial charge in [0.15, 0.2) is 0 Å². The quantitative estimate of drug-likeness (QED) is 0.827. The lowest BCUT2D eigenvalue weighted by molar-refractivity contribution is -0.0505. The monoisotopic (exact) mass is 270 g/mol. The molecule has 0 aromatic carbocycles. The van der Waals surface area contributed by atoms with Gasteiger partial charge < -0.3 is 15.0 Å². The number of nitrogens with one attached hydrogen (secondary N) is 1. The van der Waals surface area contributed by atoms with E-state index in [-0.39, 0.29) is 24.8 Å². The molecule has 2 aliphatic rings. The molecule has 1 N–H and O–H groups in total. The first-order valence-corrected chi connectivity index (χ1v) is 5.89. The van der Waals surface area contributed by atoms with E-state index < -0.39 is 0 Å². The zero-order valence-corrected chi connectivity index (χ0v) is 11.6. The summed E-state index contributed by atoms with van der Waals surface area (Å²) in [6, 6.07) is 0. The summed E-state index contributed by atoms with van der Waals surface area (Å²) in [5, 5.41) is 3.37. The molecule has 98 valence electrons. The van der Waals surface area contributed by atoms with Gasteiger partial charge >= 0.3 is 0 Å². The summed E-state index contributed by atoms with van der Waals surface area (Å²) in [4.78, 5) is 2.39. The van der Waals surface area contributed by atoms with Crippen LogP contribution < -0.4 is 5.32 Å². The van der Waals surface area contributed by atoms with Crippen LogP contribution in [0.3, 0.4) is 0 Å². The number of rotatable bonds is 2. The average Bonchev–Trinajstić information content (AvgIpc) is 2.23. The largest absolute Gasteiger partial charge is 0.375 e. The van der Waals surface area contributed by atoms with Crippen LogP contribution in [0.15, 0.2) is 0 Å². The highest BCUT2D eigenvalue weighted by atomic mass is 35.5. The van der Waals surface area contributed by atoms with E-state index in [1.54, 1.807) is 0 Å². The summed E-state index contributed by atoms with van der Waals surface area (Å²) in [5.41, 5.74) is 0. The molecule has 2 saturated heterocycles. The highest BCUT2D eigenvalue weighted by molar-refractivity contribution is 5.85. The molecule has 5 heteroatoms. The molecular weight excluding hydrogens is 247 g/mol. The highest BCUT2D eigenvalue weighted by Gasteiger charge is 2.22. The number of piperidine rings is 2. The first-order chi connectivity index (χ1) is 6.84.